The van der Waals surface area contributed by atoms with Crippen molar-refractivity contribution in [2.75, 3.05) is 0 Å². The molecule has 0 unspecified atom stereocenters. The predicted octanol–water partition coefficient (Wildman–Crippen LogP) is 5.21. The van der Waals surface area contributed by atoms with Gasteiger partial charge in [0.05, 0.1) is 4.88 Å². The maximum Gasteiger partial charge on any atom is 0.267 e. The first kappa shape index (κ1) is 18.8. The van der Waals surface area contributed by atoms with E-state index in [4.69, 9.17) is 0 Å². The maximum absolute atomic E-state index is 12.7. The quantitative estimate of drug-likeness (QED) is 0.560. The fraction of sp³-hybridized carbons (Fsp3) is 0.348. The van der Waals surface area contributed by atoms with Crippen LogP contribution in [0.4, 0.5) is 0 Å². The Morgan fingerprint density at radius 2 is 1.79 bits per heavy atom. The van der Waals surface area contributed by atoms with E-state index >= 15 is 0 Å². The number of rotatable bonds is 5. The molecule has 144 valence electrons. The summed E-state index contributed by atoms with van der Waals surface area (Å²) in [6.07, 6.45) is 6.39. The molecule has 4 nitrogen and oxygen atoms in total. The van der Waals surface area contributed by atoms with Gasteiger partial charge in [0.2, 0.25) is 0 Å². The zero-order chi connectivity index (χ0) is 19.5. The number of aromatic nitrogens is 2. The van der Waals surface area contributed by atoms with Crippen molar-refractivity contribution in [3.63, 3.8) is 0 Å². The normalized spacial score (nSPS) is 14.9. The third-order valence-corrected chi connectivity index (χ3v) is 6.49. The third-order valence-electron chi connectivity index (χ3n) is 5.46. The van der Waals surface area contributed by atoms with E-state index in [0.717, 1.165) is 10.6 Å². The number of aryl methyl sites for hydroxylation is 1. The topological polar surface area (TPSA) is 52.0 Å². The second-order valence-electron chi connectivity index (χ2n) is 7.50. The van der Waals surface area contributed by atoms with Crippen LogP contribution in [-0.2, 0) is 6.54 Å². The maximum atomic E-state index is 12.7. The summed E-state index contributed by atoms with van der Waals surface area (Å²) in [7, 11) is 0. The van der Waals surface area contributed by atoms with Crippen LogP contribution in [0.1, 0.15) is 58.8 Å². The molecule has 1 aliphatic rings. The van der Waals surface area contributed by atoms with Crippen molar-refractivity contribution in [3.05, 3.63) is 74.9 Å². The molecule has 0 spiro atoms. The molecule has 4 rings (SSSR count). The summed E-state index contributed by atoms with van der Waals surface area (Å²) < 4.78 is 1.27. The summed E-state index contributed by atoms with van der Waals surface area (Å²) in [5.74, 6) is 0.525. The fourth-order valence-corrected chi connectivity index (χ4v) is 4.70. The molecule has 2 heterocycles. The fourth-order valence-electron chi connectivity index (χ4n) is 3.87. The van der Waals surface area contributed by atoms with E-state index < -0.39 is 0 Å². The van der Waals surface area contributed by atoms with Gasteiger partial charge >= 0.3 is 0 Å². The molecule has 0 amide bonds. The molecule has 0 atom stereocenters. The lowest BCUT2D eigenvalue weighted by Crippen LogP contribution is -2.26. The molecule has 1 saturated carbocycles. The highest BCUT2D eigenvalue weighted by Crippen LogP contribution is 2.32. The van der Waals surface area contributed by atoms with Crippen molar-refractivity contribution in [1.29, 1.82) is 0 Å². The van der Waals surface area contributed by atoms with Crippen LogP contribution in [0, 0.1) is 6.92 Å². The Morgan fingerprint density at radius 3 is 2.46 bits per heavy atom. The molecule has 2 aromatic heterocycles. The first-order chi connectivity index (χ1) is 13.6. The van der Waals surface area contributed by atoms with Crippen molar-refractivity contribution in [3.8, 4) is 10.6 Å². The molecule has 0 saturated heterocycles. The number of Topliss-reactive ketones (excluding diaryl/α,β-unsaturated/α-hetero) is 1. The zero-order valence-electron chi connectivity index (χ0n) is 16.1. The lowest BCUT2D eigenvalue weighted by Gasteiger charge is -2.22. The summed E-state index contributed by atoms with van der Waals surface area (Å²) in [5, 5.41) is 4.41. The highest BCUT2D eigenvalue weighted by molar-refractivity contribution is 7.15. The van der Waals surface area contributed by atoms with Gasteiger partial charge in [0.15, 0.2) is 5.78 Å². The molecule has 0 radical (unpaired) electrons. The van der Waals surface area contributed by atoms with Gasteiger partial charge in [-0.3, -0.25) is 9.59 Å². The number of thiophene rings is 1. The summed E-state index contributed by atoms with van der Waals surface area (Å²) in [4.78, 5) is 27.1. The van der Waals surface area contributed by atoms with Gasteiger partial charge < -0.3 is 0 Å². The zero-order valence-corrected chi connectivity index (χ0v) is 16.9. The highest BCUT2D eigenvalue weighted by atomic mass is 32.1. The van der Waals surface area contributed by atoms with Gasteiger partial charge in [-0.1, -0.05) is 43.5 Å². The molecular weight excluding hydrogens is 368 g/mol. The average Bonchev–Trinajstić information content (AvgIpc) is 3.17. The van der Waals surface area contributed by atoms with Crippen LogP contribution in [-0.4, -0.2) is 15.6 Å². The number of hydrogen-bond donors (Lipinski definition) is 0. The van der Waals surface area contributed by atoms with Gasteiger partial charge in [-0.25, -0.2) is 4.68 Å². The largest absolute Gasteiger partial charge is 0.292 e. The van der Waals surface area contributed by atoms with Crippen LogP contribution in [0.15, 0.2) is 53.3 Å². The first-order valence-electron chi connectivity index (χ1n) is 9.88. The molecule has 3 aromatic rings. The van der Waals surface area contributed by atoms with Crippen molar-refractivity contribution >= 4 is 17.1 Å². The first-order valence-corrected chi connectivity index (χ1v) is 10.7. The van der Waals surface area contributed by atoms with Gasteiger partial charge in [0.1, 0.15) is 12.2 Å². The molecule has 1 aromatic carbocycles. The van der Waals surface area contributed by atoms with E-state index in [2.05, 4.69) is 17.2 Å². The van der Waals surface area contributed by atoms with Crippen LogP contribution < -0.4 is 5.56 Å². The van der Waals surface area contributed by atoms with Crippen LogP contribution >= 0.6 is 11.3 Å². The molecular formula is C23H24N2O2S. The van der Waals surface area contributed by atoms with Crippen LogP contribution in [0.3, 0.4) is 0 Å². The van der Waals surface area contributed by atoms with Crippen molar-refractivity contribution < 1.29 is 4.79 Å². The summed E-state index contributed by atoms with van der Waals surface area (Å²) in [5.41, 5.74) is 2.41. The monoisotopic (exact) mass is 392 g/mol. The molecule has 1 aliphatic carbocycles. The van der Waals surface area contributed by atoms with Gasteiger partial charge in [-0.2, -0.15) is 5.10 Å². The second-order valence-corrected chi connectivity index (χ2v) is 8.79. The van der Waals surface area contributed by atoms with E-state index in [9.17, 15) is 9.59 Å². The third kappa shape index (κ3) is 4.14. The van der Waals surface area contributed by atoms with Crippen molar-refractivity contribution in [1.82, 2.24) is 9.78 Å². The van der Waals surface area contributed by atoms with Gasteiger partial charge in [-0.05, 0) is 49.4 Å². The Bertz CT molecular complexity index is 1030. The number of carbonyl (C=O) groups excluding carboxylic acids is 1. The Balaban J connectivity index is 1.51. The minimum absolute atomic E-state index is 0.0419. The van der Waals surface area contributed by atoms with E-state index in [1.807, 2.05) is 31.2 Å². The minimum Gasteiger partial charge on any atom is -0.292 e. The van der Waals surface area contributed by atoms with Crippen LogP contribution in [0.25, 0.3) is 10.6 Å². The van der Waals surface area contributed by atoms with Crippen LogP contribution in [0.5, 0.6) is 0 Å². The smallest absolute Gasteiger partial charge is 0.267 e. The van der Waals surface area contributed by atoms with Crippen molar-refractivity contribution in [2.24, 2.45) is 0 Å². The van der Waals surface area contributed by atoms with Gasteiger partial charge in [-0.15, -0.1) is 11.3 Å². The van der Waals surface area contributed by atoms with E-state index in [1.54, 1.807) is 17.4 Å². The lowest BCUT2D eigenvalue weighted by atomic mass is 9.84. The Hall–Kier alpha value is -2.53. The lowest BCUT2D eigenvalue weighted by molar-refractivity contribution is 0.0966. The van der Waals surface area contributed by atoms with Crippen LogP contribution in [0.2, 0.25) is 0 Å². The number of benzene rings is 1. The SMILES string of the molecule is Cc1ccc(-c2ccc(=O)n(CC(=O)c3ccc(C4CCCCC4)cc3)n2)s1. The molecule has 0 N–H and O–H groups in total. The summed E-state index contributed by atoms with van der Waals surface area (Å²) in [6.45, 7) is 1.99. The highest BCUT2D eigenvalue weighted by Gasteiger charge is 2.16. The number of carbonyl (C=O) groups is 1. The van der Waals surface area contributed by atoms with E-state index in [0.29, 0.717) is 11.5 Å². The molecule has 1 fully saturated rings. The summed E-state index contributed by atoms with van der Waals surface area (Å²) >= 11 is 1.62. The Kier molecular flexibility index (Phi) is 5.53. The average molecular weight is 393 g/mol. The van der Waals surface area contributed by atoms with E-state index in [1.165, 1.54) is 53.3 Å². The second kappa shape index (κ2) is 8.23. The summed E-state index contributed by atoms with van der Waals surface area (Å²) in [6, 6.07) is 15.1. The predicted molar refractivity (Wildman–Crippen MR) is 113 cm³/mol. The van der Waals surface area contributed by atoms with Gasteiger partial charge in [0.25, 0.3) is 5.56 Å². The van der Waals surface area contributed by atoms with Gasteiger partial charge in [0, 0.05) is 16.5 Å². The van der Waals surface area contributed by atoms with Crippen molar-refractivity contribution in [2.45, 2.75) is 51.5 Å². The molecule has 28 heavy (non-hydrogen) atoms. The number of ketones is 1. The molecule has 5 heteroatoms. The molecule has 0 aliphatic heterocycles. The molecule has 0 bridgehead atoms. The minimum atomic E-state index is -0.260. The number of hydrogen-bond acceptors (Lipinski definition) is 4. The van der Waals surface area contributed by atoms with E-state index in [-0.39, 0.29) is 17.9 Å². The Labute approximate surface area is 168 Å². The Morgan fingerprint density at radius 1 is 1.04 bits per heavy atom. The number of nitrogens with zero attached hydrogens (tertiary/aromatic N) is 2. The standard InChI is InChI=1S/C23H24N2O2S/c1-16-7-13-22(28-16)20-12-14-23(27)25(24-20)15-21(26)19-10-8-18(9-11-19)17-5-3-2-4-6-17/h7-14,17H,2-6,15H2,1H3.